The van der Waals surface area contributed by atoms with Crippen molar-refractivity contribution < 1.29 is 23.0 Å². The number of ether oxygens (including phenoxy) is 2. The summed E-state index contributed by atoms with van der Waals surface area (Å²) < 4.78 is 39.4. The Balaban J connectivity index is 1.69. The number of amides is 1. The van der Waals surface area contributed by atoms with Crippen LogP contribution in [0.2, 0.25) is 0 Å². The number of halogens is 2. The standard InChI is InChI=1S/C22H24F2N2O3/c1-28-20-12-29-19(10-18(20)25)22(27)26-11-17(24)15-4-2-3-5-16(15)21(26)13-6-8-14(23)9-7-13/h2-9,17-21H,10-12,25H2,1H3/t17-,18-,19+,20-,21-/m0/s1. The molecule has 0 aromatic heterocycles. The molecule has 0 saturated carbocycles. The van der Waals surface area contributed by atoms with Crippen molar-refractivity contribution >= 4 is 5.91 Å². The number of carbonyl (C=O) groups is 1. The Morgan fingerprint density at radius 2 is 1.86 bits per heavy atom. The zero-order chi connectivity index (χ0) is 20.5. The van der Waals surface area contributed by atoms with Gasteiger partial charge in [-0.3, -0.25) is 4.79 Å². The van der Waals surface area contributed by atoms with Crippen molar-refractivity contribution in [2.75, 3.05) is 20.3 Å². The highest BCUT2D eigenvalue weighted by Gasteiger charge is 2.42. The van der Waals surface area contributed by atoms with Crippen LogP contribution in [0.15, 0.2) is 48.5 Å². The maximum atomic E-state index is 15.0. The Morgan fingerprint density at radius 1 is 1.17 bits per heavy atom. The van der Waals surface area contributed by atoms with Crippen molar-refractivity contribution in [3.8, 4) is 0 Å². The summed E-state index contributed by atoms with van der Waals surface area (Å²) in [5.41, 5.74) is 8.08. The topological polar surface area (TPSA) is 64.8 Å². The third-order valence-corrected chi connectivity index (χ3v) is 5.77. The first-order valence-corrected chi connectivity index (χ1v) is 9.68. The number of nitrogens with zero attached hydrogens (tertiary/aromatic N) is 1. The Hall–Kier alpha value is -2.35. The molecule has 4 rings (SSSR count). The number of carbonyl (C=O) groups excluding carboxylic acids is 1. The van der Waals surface area contributed by atoms with E-state index in [1.54, 1.807) is 31.4 Å². The molecule has 1 amide bonds. The first kappa shape index (κ1) is 19.9. The number of fused-ring (bicyclic) bond motifs is 1. The van der Waals surface area contributed by atoms with E-state index >= 15 is 0 Å². The molecule has 5 atom stereocenters. The average molecular weight is 402 g/mol. The number of rotatable bonds is 3. The van der Waals surface area contributed by atoms with Crippen LogP contribution in [0.5, 0.6) is 0 Å². The number of benzene rings is 2. The fourth-order valence-corrected chi connectivity index (χ4v) is 4.21. The minimum absolute atomic E-state index is 0.0965. The second kappa shape index (κ2) is 8.18. The minimum atomic E-state index is -1.31. The molecule has 2 aromatic rings. The van der Waals surface area contributed by atoms with Crippen molar-refractivity contribution in [2.45, 2.75) is 36.9 Å². The van der Waals surface area contributed by atoms with Crippen molar-refractivity contribution in [3.05, 3.63) is 71.0 Å². The Morgan fingerprint density at radius 3 is 2.52 bits per heavy atom. The summed E-state index contributed by atoms with van der Waals surface area (Å²) in [5.74, 6) is -0.687. The molecule has 2 heterocycles. The van der Waals surface area contributed by atoms with Crippen LogP contribution >= 0.6 is 0 Å². The maximum Gasteiger partial charge on any atom is 0.252 e. The summed E-state index contributed by atoms with van der Waals surface area (Å²) >= 11 is 0. The Labute approximate surface area is 168 Å². The van der Waals surface area contributed by atoms with Gasteiger partial charge >= 0.3 is 0 Å². The average Bonchev–Trinajstić information content (AvgIpc) is 2.74. The molecule has 0 spiro atoms. The fourth-order valence-electron chi connectivity index (χ4n) is 4.21. The molecule has 0 bridgehead atoms. The number of hydrogen-bond donors (Lipinski definition) is 1. The molecular formula is C22H24F2N2O3. The monoisotopic (exact) mass is 402 g/mol. The molecule has 0 radical (unpaired) electrons. The molecule has 154 valence electrons. The zero-order valence-corrected chi connectivity index (χ0v) is 16.1. The molecule has 29 heavy (non-hydrogen) atoms. The molecule has 2 aliphatic heterocycles. The highest BCUT2D eigenvalue weighted by atomic mass is 19.1. The van der Waals surface area contributed by atoms with Crippen LogP contribution in [0.3, 0.4) is 0 Å². The van der Waals surface area contributed by atoms with E-state index in [0.29, 0.717) is 23.1 Å². The summed E-state index contributed by atoms with van der Waals surface area (Å²) in [6.45, 7) is 0.111. The Kier molecular flexibility index (Phi) is 5.63. The van der Waals surface area contributed by atoms with Crippen LogP contribution in [0.25, 0.3) is 0 Å². The predicted molar refractivity (Wildman–Crippen MR) is 103 cm³/mol. The molecule has 5 nitrogen and oxygen atoms in total. The van der Waals surface area contributed by atoms with Crippen LogP contribution in [0.4, 0.5) is 8.78 Å². The van der Waals surface area contributed by atoms with Crippen LogP contribution in [-0.2, 0) is 14.3 Å². The van der Waals surface area contributed by atoms with Gasteiger partial charge in [-0.1, -0.05) is 36.4 Å². The van der Waals surface area contributed by atoms with E-state index in [0.717, 1.165) is 0 Å². The third-order valence-electron chi connectivity index (χ3n) is 5.77. The maximum absolute atomic E-state index is 15.0. The molecule has 2 aromatic carbocycles. The number of hydrogen-bond acceptors (Lipinski definition) is 4. The first-order chi connectivity index (χ1) is 14.0. The molecule has 2 aliphatic rings. The van der Waals surface area contributed by atoms with E-state index in [9.17, 15) is 13.6 Å². The van der Waals surface area contributed by atoms with Crippen LogP contribution < -0.4 is 5.73 Å². The van der Waals surface area contributed by atoms with Gasteiger partial charge in [0, 0.05) is 19.6 Å². The van der Waals surface area contributed by atoms with Gasteiger partial charge in [-0.2, -0.15) is 0 Å². The SMILES string of the molecule is CO[C@H]1CO[C@@H](C(=O)N2C[C@H](F)c3ccccc3[C@@H]2c2ccc(F)cc2)C[C@@H]1N. The smallest absolute Gasteiger partial charge is 0.252 e. The fraction of sp³-hybridized carbons (Fsp3) is 0.409. The molecule has 0 unspecified atom stereocenters. The van der Waals surface area contributed by atoms with E-state index < -0.39 is 18.3 Å². The molecular weight excluding hydrogens is 378 g/mol. The Bertz CT molecular complexity index is 877. The van der Waals surface area contributed by atoms with Crippen LogP contribution in [0.1, 0.15) is 35.3 Å². The lowest BCUT2D eigenvalue weighted by molar-refractivity contribution is -0.157. The summed E-state index contributed by atoms with van der Waals surface area (Å²) in [7, 11) is 1.55. The zero-order valence-electron chi connectivity index (χ0n) is 16.1. The summed E-state index contributed by atoms with van der Waals surface area (Å²) in [6, 6.07) is 12.2. The van der Waals surface area contributed by atoms with Crippen LogP contribution in [-0.4, -0.2) is 49.3 Å². The number of nitrogens with two attached hydrogens (primary N) is 1. The highest BCUT2D eigenvalue weighted by Crippen LogP contribution is 2.41. The second-order valence-corrected chi connectivity index (χ2v) is 7.54. The van der Waals surface area contributed by atoms with E-state index in [-0.39, 0.29) is 37.0 Å². The van der Waals surface area contributed by atoms with Gasteiger partial charge in [0.2, 0.25) is 0 Å². The lowest BCUT2D eigenvalue weighted by atomic mass is 9.86. The van der Waals surface area contributed by atoms with Crippen molar-refractivity contribution in [3.63, 3.8) is 0 Å². The van der Waals surface area contributed by atoms with Gasteiger partial charge in [0.25, 0.3) is 5.91 Å². The van der Waals surface area contributed by atoms with Crippen LogP contribution in [0, 0.1) is 5.82 Å². The second-order valence-electron chi connectivity index (χ2n) is 7.54. The lowest BCUT2D eigenvalue weighted by Gasteiger charge is -2.42. The van der Waals surface area contributed by atoms with Gasteiger partial charge in [0.05, 0.1) is 25.3 Å². The van der Waals surface area contributed by atoms with Gasteiger partial charge in [0.15, 0.2) is 0 Å². The molecule has 0 aliphatic carbocycles. The van der Waals surface area contributed by atoms with E-state index in [1.807, 2.05) is 12.1 Å². The van der Waals surface area contributed by atoms with Gasteiger partial charge < -0.3 is 20.1 Å². The molecule has 2 N–H and O–H groups in total. The molecule has 1 saturated heterocycles. The van der Waals surface area contributed by atoms with Crippen molar-refractivity contribution in [1.29, 1.82) is 0 Å². The normalized spacial score (nSPS) is 29.4. The van der Waals surface area contributed by atoms with E-state index in [1.165, 1.54) is 17.0 Å². The first-order valence-electron chi connectivity index (χ1n) is 9.68. The van der Waals surface area contributed by atoms with Crippen molar-refractivity contribution in [2.24, 2.45) is 5.73 Å². The number of alkyl halides is 1. The number of methoxy groups -OCH3 is 1. The van der Waals surface area contributed by atoms with Gasteiger partial charge in [0.1, 0.15) is 18.1 Å². The van der Waals surface area contributed by atoms with Gasteiger partial charge in [-0.25, -0.2) is 8.78 Å². The van der Waals surface area contributed by atoms with Gasteiger partial charge in [-0.15, -0.1) is 0 Å². The lowest BCUT2D eigenvalue weighted by Crippen LogP contribution is -2.54. The summed E-state index contributed by atoms with van der Waals surface area (Å²) in [4.78, 5) is 14.9. The summed E-state index contributed by atoms with van der Waals surface area (Å²) in [5, 5.41) is 0. The summed E-state index contributed by atoms with van der Waals surface area (Å²) in [6.07, 6.45) is -2.06. The highest BCUT2D eigenvalue weighted by molar-refractivity contribution is 5.82. The largest absolute Gasteiger partial charge is 0.377 e. The molecule has 7 heteroatoms. The third kappa shape index (κ3) is 3.77. The van der Waals surface area contributed by atoms with E-state index in [2.05, 4.69) is 0 Å². The predicted octanol–water partition coefficient (Wildman–Crippen LogP) is 2.90. The molecule has 1 fully saturated rings. The van der Waals surface area contributed by atoms with Crippen molar-refractivity contribution in [1.82, 2.24) is 4.90 Å². The van der Waals surface area contributed by atoms with E-state index in [4.69, 9.17) is 15.2 Å². The quantitative estimate of drug-likeness (QED) is 0.858. The van der Waals surface area contributed by atoms with Gasteiger partial charge in [-0.05, 0) is 28.8 Å². The minimum Gasteiger partial charge on any atom is -0.377 e.